The van der Waals surface area contributed by atoms with E-state index in [0.29, 0.717) is 16.6 Å². The van der Waals surface area contributed by atoms with E-state index in [2.05, 4.69) is 21.4 Å². The highest BCUT2D eigenvalue weighted by Gasteiger charge is 2.14. The molecule has 4 aromatic rings. The minimum Gasteiger partial charge on any atom is -0.486 e. The van der Waals surface area contributed by atoms with E-state index >= 15 is 0 Å². The third-order valence-corrected chi connectivity index (χ3v) is 4.85. The molecule has 0 saturated carbocycles. The number of aromatic amines is 1. The van der Waals surface area contributed by atoms with Crippen LogP contribution in [0.3, 0.4) is 0 Å². The molecular formula is C23H19ClN4O. The standard InChI is InChI=1S/C23H19ClN4O/c1-2-22(16-4-3-5-17(24)10-16)29-20-11-19(14-25)28-23(13-20)27-18-7-6-15-8-9-26-21(15)12-18/h3-13,22,26H,2H2,1H3,(H,27,28). The maximum Gasteiger partial charge on any atom is 0.146 e. The predicted octanol–water partition coefficient (Wildman–Crippen LogP) is 6.36. The molecule has 0 aliphatic rings. The highest BCUT2D eigenvalue weighted by atomic mass is 35.5. The molecule has 2 N–H and O–H groups in total. The van der Waals surface area contributed by atoms with Crippen LogP contribution in [0.5, 0.6) is 5.75 Å². The van der Waals surface area contributed by atoms with Crippen molar-refractivity contribution in [3.05, 3.63) is 83.1 Å². The van der Waals surface area contributed by atoms with Gasteiger partial charge in [-0.3, -0.25) is 0 Å². The minimum atomic E-state index is -0.175. The van der Waals surface area contributed by atoms with Crippen molar-refractivity contribution < 1.29 is 4.74 Å². The SMILES string of the molecule is CCC(Oc1cc(C#N)nc(Nc2ccc3cc[nH]c3c2)c1)c1cccc(Cl)c1. The fourth-order valence-electron chi connectivity index (χ4n) is 3.23. The highest BCUT2D eigenvalue weighted by Crippen LogP contribution is 2.29. The number of H-pyrrole nitrogens is 1. The Balaban J connectivity index is 1.61. The molecule has 0 radical (unpaired) electrons. The zero-order valence-electron chi connectivity index (χ0n) is 15.8. The number of halogens is 1. The van der Waals surface area contributed by atoms with Gasteiger partial charge in [0, 0.05) is 34.6 Å². The first kappa shape index (κ1) is 18.9. The second kappa shape index (κ2) is 8.26. The molecule has 0 aliphatic carbocycles. The summed E-state index contributed by atoms with van der Waals surface area (Å²) in [4.78, 5) is 7.54. The van der Waals surface area contributed by atoms with E-state index in [1.165, 1.54) is 0 Å². The quantitative estimate of drug-likeness (QED) is 0.393. The Morgan fingerprint density at radius 3 is 2.86 bits per heavy atom. The Bertz CT molecular complexity index is 1190. The van der Waals surface area contributed by atoms with Gasteiger partial charge in [0.1, 0.15) is 29.4 Å². The zero-order chi connectivity index (χ0) is 20.2. The lowest BCUT2D eigenvalue weighted by molar-refractivity contribution is 0.201. The zero-order valence-corrected chi connectivity index (χ0v) is 16.6. The smallest absolute Gasteiger partial charge is 0.146 e. The number of fused-ring (bicyclic) bond motifs is 1. The van der Waals surface area contributed by atoms with Crippen LogP contribution in [0.1, 0.15) is 30.7 Å². The number of anilines is 2. The maximum absolute atomic E-state index is 9.39. The number of hydrogen-bond acceptors (Lipinski definition) is 4. The maximum atomic E-state index is 9.39. The summed E-state index contributed by atoms with van der Waals surface area (Å²) in [5, 5.41) is 14.4. The van der Waals surface area contributed by atoms with Crippen LogP contribution in [0.25, 0.3) is 10.9 Å². The average Bonchev–Trinajstić information content (AvgIpc) is 3.19. The van der Waals surface area contributed by atoms with Crippen molar-refractivity contribution in [3.63, 3.8) is 0 Å². The minimum absolute atomic E-state index is 0.175. The number of benzene rings is 2. The first-order chi connectivity index (χ1) is 14.1. The monoisotopic (exact) mass is 402 g/mol. The van der Waals surface area contributed by atoms with Crippen LogP contribution < -0.4 is 10.1 Å². The van der Waals surface area contributed by atoms with Crippen LogP contribution in [-0.2, 0) is 0 Å². The average molecular weight is 403 g/mol. The number of hydrogen-bond donors (Lipinski definition) is 2. The first-order valence-corrected chi connectivity index (χ1v) is 9.71. The molecule has 0 aliphatic heterocycles. The third-order valence-electron chi connectivity index (χ3n) is 4.61. The molecule has 5 nitrogen and oxygen atoms in total. The van der Waals surface area contributed by atoms with Crippen LogP contribution in [-0.4, -0.2) is 9.97 Å². The molecule has 4 rings (SSSR count). The van der Waals surface area contributed by atoms with Gasteiger partial charge >= 0.3 is 0 Å². The molecule has 0 bridgehead atoms. The molecule has 144 valence electrons. The van der Waals surface area contributed by atoms with Crippen molar-refractivity contribution in [2.45, 2.75) is 19.4 Å². The van der Waals surface area contributed by atoms with Crippen molar-refractivity contribution in [1.29, 1.82) is 5.26 Å². The Morgan fingerprint density at radius 1 is 1.17 bits per heavy atom. The van der Waals surface area contributed by atoms with Gasteiger partial charge in [-0.2, -0.15) is 5.26 Å². The largest absolute Gasteiger partial charge is 0.486 e. The summed E-state index contributed by atoms with van der Waals surface area (Å²) in [5.41, 5.74) is 3.17. The van der Waals surface area contributed by atoms with E-state index in [-0.39, 0.29) is 11.8 Å². The van der Waals surface area contributed by atoms with E-state index < -0.39 is 0 Å². The summed E-state index contributed by atoms with van der Waals surface area (Å²) in [6.45, 7) is 2.04. The van der Waals surface area contributed by atoms with Gasteiger partial charge in [0.2, 0.25) is 0 Å². The normalized spacial score (nSPS) is 11.8. The number of nitrogens with one attached hydrogen (secondary N) is 2. The third kappa shape index (κ3) is 4.34. The van der Waals surface area contributed by atoms with Crippen LogP contribution in [0.2, 0.25) is 5.02 Å². The van der Waals surface area contributed by atoms with Gasteiger partial charge in [-0.05, 0) is 47.7 Å². The van der Waals surface area contributed by atoms with Gasteiger partial charge < -0.3 is 15.0 Å². The van der Waals surface area contributed by atoms with Gasteiger partial charge in [0.15, 0.2) is 0 Å². The number of nitriles is 1. The highest BCUT2D eigenvalue weighted by molar-refractivity contribution is 6.30. The summed E-state index contributed by atoms with van der Waals surface area (Å²) in [5.74, 6) is 1.12. The molecule has 2 heterocycles. The molecule has 1 atom stereocenters. The van der Waals surface area contributed by atoms with Crippen molar-refractivity contribution >= 4 is 34.0 Å². The van der Waals surface area contributed by atoms with Crippen molar-refractivity contribution in [2.24, 2.45) is 0 Å². The van der Waals surface area contributed by atoms with Crippen LogP contribution in [0.15, 0.2) is 66.9 Å². The van der Waals surface area contributed by atoms with Crippen LogP contribution in [0, 0.1) is 11.3 Å². The lowest BCUT2D eigenvalue weighted by Gasteiger charge is -2.19. The molecule has 2 aromatic carbocycles. The molecule has 0 spiro atoms. The van der Waals surface area contributed by atoms with Gasteiger partial charge in [-0.1, -0.05) is 36.7 Å². The number of ether oxygens (including phenoxy) is 1. The molecular weight excluding hydrogens is 384 g/mol. The second-order valence-electron chi connectivity index (χ2n) is 6.66. The lowest BCUT2D eigenvalue weighted by Crippen LogP contribution is -2.07. The summed E-state index contributed by atoms with van der Waals surface area (Å²) >= 11 is 6.12. The fourth-order valence-corrected chi connectivity index (χ4v) is 3.43. The second-order valence-corrected chi connectivity index (χ2v) is 7.10. The Morgan fingerprint density at radius 2 is 2.07 bits per heavy atom. The molecule has 0 fully saturated rings. The molecule has 29 heavy (non-hydrogen) atoms. The number of rotatable bonds is 6. The molecule has 0 saturated heterocycles. The molecule has 2 aromatic heterocycles. The molecule has 0 amide bonds. The van der Waals surface area contributed by atoms with Gasteiger partial charge in [-0.25, -0.2) is 4.98 Å². The number of aromatic nitrogens is 2. The van der Waals surface area contributed by atoms with Crippen LogP contribution in [0.4, 0.5) is 11.5 Å². The van der Waals surface area contributed by atoms with E-state index in [1.807, 2.05) is 61.7 Å². The van der Waals surface area contributed by atoms with Crippen molar-refractivity contribution in [3.8, 4) is 11.8 Å². The summed E-state index contributed by atoms with van der Waals surface area (Å²) in [6, 6.07) is 21.2. The van der Waals surface area contributed by atoms with Crippen LogP contribution >= 0.6 is 11.6 Å². The summed E-state index contributed by atoms with van der Waals surface area (Å²) < 4.78 is 6.19. The van der Waals surface area contributed by atoms with Gasteiger partial charge in [0.25, 0.3) is 0 Å². The first-order valence-electron chi connectivity index (χ1n) is 9.33. The van der Waals surface area contributed by atoms with E-state index in [9.17, 15) is 5.26 Å². The van der Waals surface area contributed by atoms with E-state index in [4.69, 9.17) is 16.3 Å². The molecule has 1 unspecified atom stereocenters. The number of nitrogens with zero attached hydrogens (tertiary/aromatic N) is 2. The predicted molar refractivity (Wildman–Crippen MR) is 116 cm³/mol. The van der Waals surface area contributed by atoms with Gasteiger partial charge in [-0.15, -0.1) is 0 Å². The van der Waals surface area contributed by atoms with Gasteiger partial charge in [0.05, 0.1) is 0 Å². The number of pyridine rings is 1. The fraction of sp³-hybridized carbons (Fsp3) is 0.130. The Hall–Kier alpha value is -3.49. The summed E-state index contributed by atoms with van der Waals surface area (Å²) in [7, 11) is 0. The van der Waals surface area contributed by atoms with E-state index in [1.54, 1.807) is 12.1 Å². The Labute approximate surface area is 173 Å². The van der Waals surface area contributed by atoms with Crippen molar-refractivity contribution in [1.82, 2.24) is 9.97 Å². The van der Waals surface area contributed by atoms with E-state index in [0.717, 1.165) is 28.6 Å². The lowest BCUT2D eigenvalue weighted by atomic mass is 10.1. The summed E-state index contributed by atoms with van der Waals surface area (Å²) in [6.07, 6.45) is 2.48. The van der Waals surface area contributed by atoms with Crippen molar-refractivity contribution in [2.75, 3.05) is 5.32 Å². The Kier molecular flexibility index (Phi) is 5.37. The topological polar surface area (TPSA) is 73.7 Å². The molecule has 6 heteroatoms.